The Hall–Kier alpha value is -2.68. The maximum atomic E-state index is 13.2. The van der Waals surface area contributed by atoms with E-state index >= 15 is 0 Å². The first kappa shape index (κ1) is 17.2. The fourth-order valence-corrected chi connectivity index (χ4v) is 3.21. The molecule has 0 atom stereocenters. The quantitative estimate of drug-likeness (QED) is 0.906. The number of nitrogens with one attached hydrogen (secondary N) is 1. The third kappa shape index (κ3) is 4.24. The molecule has 3 rings (SSSR count). The van der Waals surface area contributed by atoms with Crippen LogP contribution in [0.1, 0.15) is 23.3 Å². The molecule has 1 aliphatic heterocycles. The number of nitrogens with zero attached hydrogens (tertiary/aromatic N) is 3. The summed E-state index contributed by atoms with van der Waals surface area (Å²) in [6, 6.07) is 3.32. The number of benzene rings is 1. The Morgan fingerprint density at radius 1 is 1.28 bits per heavy atom. The Kier molecular flexibility index (Phi) is 4.84. The lowest BCUT2D eigenvalue weighted by molar-refractivity contribution is -0.130. The Labute approximate surface area is 146 Å². The molecule has 0 aliphatic carbocycles. The Bertz CT molecular complexity index is 845. The van der Waals surface area contributed by atoms with E-state index in [1.165, 1.54) is 30.5 Å². The molecule has 9 heteroatoms. The summed E-state index contributed by atoms with van der Waals surface area (Å²) in [7, 11) is 1.49. The second kappa shape index (κ2) is 7.06. The third-order valence-corrected chi connectivity index (χ3v) is 4.46. The van der Waals surface area contributed by atoms with Crippen LogP contribution in [0.5, 0.6) is 0 Å². The second-order valence-electron chi connectivity index (χ2n) is 5.50. The van der Waals surface area contributed by atoms with E-state index in [0.717, 1.165) is 16.0 Å². The summed E-state index contributed by atoms with van der Waals surface area (Å²) in [6.07, 6.45) is 2.36. The van der Waals surface area contributed by atoms with Crippen molar-refractivity contribution < 1.29 is 18.4 Å². The maximum absolute atomic E-state index is 13.2. The van der Waals surface area contributed by atoms with Gasteiger partial charge >= 0.3 is 0 Å². The summed E-state index contributed by atoms with van der Waals surface area (Å²) in [6.45, 7) is 0. The number of anilines is 1. The largest absolute Gasteiger partial charge is 0.297 e. The Morgan fingerprint density at radius 3 is 2.68 bits per heavy atom. The number of hydrogen-bond donors (Lipinski definition) is 1. The van der Waals surface area contributed by atoms with Gasteiger partial charge in [0.1, 0.15) is 17.3 Å². The van der Waals surface area contributed by atoms with Gasteiger partial charge in [-0.15, -0.1) is 11.3 Å². The minimum absolute atomic E-state index is 0.143. The molecule has 25 heavy (non-hydrogen) atoms. The van der Waals surface area contributed by atoms with Crippen molar-refractivity contribution in [3.8, 4) is 0 Å². The molecule has 130 valence electrons. The summed E-state index contributed by atoms with van der Waals surface area (Å²) in [4.78, 5) is 28.4. The van der Waals surface area contributed by atoms with Crippen molar-refractivity contribution in [3.63, 3.8) is 0 Å². The van der Waals surface area contributed by atoms with Gasteiger partial charge < -0.3 is 0 Å². The average molecular weight is 364 g/mol. The van der Waals surface area contributed by atoms with Crippen LogP contribution < -0.4 is 5.32 Å². The van der Waals surface area contributed by atoms with Crippen molar-refractivity contribution in [1.29, 1.82) is 0 Å². The molecular weight excluding hydrogens is 350 g/mol. The van der Waals surface area contributed by atoms with Gasteiger partial charge in [-0.05, 0) is 17.7 Å². The van der Waals surface area contributed by atoms with Crippen LogP contribution >= 0.6 is 11.3 Å². The highest BCUT2D eigenvalue weighted by atomic mass is 32.1. The molecule has 0 spiro atoms. The first-order valence-corrected chi connectivity index (χ1v) is 8.27. The maximum Gasteiger partial charge on any atom is 0.273 e. The molecule has 0 bridgehead atoms. The van der Waals surface area contributed by atoms with Gasteiger partial charge in [-0.1, -0.05) is 0 Å². The van der Waals surface area contributed by atoms with E-state index in [2.05, 4.69) is 15.4 Å². The fraction of sp³-hybridized carbons (Fsp3) is 0.250. The van der Waals surface area contributed by atoms with Crippen molar-refractivity contribution in [2.24, 2.45) is 5.10 Å². The van der Waals surface area contributed by atoms with Crippen LogP contribution in [-0.4, -0.2) is 34.6 Å². The highest BCUT2D eigenvalue weighted by Crippen LogP contribution is 2.22. The molecule has 0 saturated heterocycles. The topological polar surface area (TPSA) is 74.7 Å². The number of rotatable bonds is 4. The molecule has 6 nitrogen and oxygen atoms in total. The first-order valence-electron chi connectivity index (χ1n) is 7.46. The highest BCUT2D eigenvalue weighted by molar-refractivity contribution is 7.15. The minimum atomic E-state index is -0.637. The molecular formula is C16H14F2N4O2S. The van der Waals surface area contributed by atoms with Crippen molar-refractivity contribution in [1.82, 2.24) is 9.99 Å². The smallest absolute Gasteiger partial charge is 0.273 e. The molecule has 0 saturated carbocycles. The van der Waals surface area contributed by atoms with Gasteiger partial charge in [0, 0.05) is 43.5 Å². The van der Waals surface area contributed by atoms with Crippen molar-refractivity contribution in [2.75, 3.05) is 12.4 Å². The van der Waals surface area contributed by atoms with Crippen molar-refractivity contribution >= 4 is 34.0 Å². The van der Waals surface area contributed by atoms with Gasteiger partial charge in [-0.3, -0.25) is 14.9 Å². The van der Waals surface area contributed by atoms with Crippen LogP contribution in [0.3, 0.4) is 0 Å². The zero-order valence-corrected chi connectivity index (χ0v) is 14.1. The van der Waals surface area contributed by atoms with E-state index in [1.807, 2.05) is 0 Å². The lowest BCUT2D eigenvalue weighted by Gasteiger charge is -2.18. The van der Waals surface area contributed by atoms with Crippen molar-refractivity contribution in [2.45, 2.75) is 19.3 Å². The number of carbonyl (C=O) groups excluding carboxylic acids is 2. The first-order chi connectivity index (χ1) is 11.9. The summed E-state index contributed by atoms with van der Waals surface area (Å²) < 4.78 is 26.4. The normalized spacial score (nSPS) is 14.4. The van der Waals surface area contributed by atoms with Crippen LogP contribution in [0.2, 0.25) is 0 Å². The summed E-state index contributed by atoms with van der Waals surface area (Å²) >= 11 is 1.21. The summed E-state index contributed by atoms with van der Waals surface area (Å²) in [5.74, 6) is -1.84. The SMILES string of the molecule is CN1N=C(C(=O)Nc2ncc(Cc3cc(F)cc(F)c3)s2)CCC1=O. The lowest BCUT2D eigenvalue weighted by atomic mass is 10.1. The standard InChI is InChI=1S/C16H14F2N4O2S/c1-22-14(23)3-2-13(21-22)15(24)20-16-19-8-12(25-16)6-9-4-10(17)7-11(18)5-9/h4-5,7-8H,2-3,6H2,1H3,(H,19,20,24). The molecule has 2 aromatic rings. The van der Waals surface area contributed by atoms with E-state index in [1.54, 1.807) is 6.20 Å². The zero-order valence-electron chi connectivity index (χ0n) is 13.3. The number of hydrazone groups is 1. The van der Waals surface area contributed by atoms with Gasteiger partial charge in [0.05, 0.1) is 0 Å². The molecule has 2 amide bonds. The number of aromatic nitrogens is 1. The van der Waals surface area contributed by atoms with E-state index in [4.69, 9.17) is 0 Å². The third-order valence-electron chi connectivity index (χ3n) is 3.54. The Morgan fingerprint density at radius 2 is 2.00 bits per heavy atom. The molecule has 0 fully saturated rings. The van der Waals surface area contributed by atoms with Gasteiger partial charge in [0.25, 0.3) is 5.91 Å². The van der Waals surface area contributed by atoms with Crippen LogP contribution in [0.15, 0.2) is 29.5 Å². The number of thiazole rings is 1. The molecule has 0 radical (unpaired) electrons. The van der Waals surface area contributed by atoms with Gasteiger partial charge in [-0.25, -0.2) is 18.8 Å². The molecule has 1 N–H and O–H groups in total. The Balaban J connectivity index is 1.66. The predicted octanol–water partition coefficient (Wildman–Crippen LogP) is 2.56. The predicted molar refractivity (Wildman–Crippen MR) is 89.3 cm³/mol. The second-order valence-corrected chi connectivity index (χ2v) is 6.62. The molecule has 1 aliphatic rings. The van der Waals surface area contributed by atoms with Gasteiger partial charge in [0.2, 0.25) is 5.91 Å². The lowest BCUT2D eigenvalue weighted by Crippen LogP contribution is -2.34. The average Bonchev–Trinajstić information content (AvgIpc) is 2.95. The minimum Gasteiger partial charge on any atom is -0.297 e. The van der Waals surface area contributed by atoms with E-state index in [-0.39, 0.29) is 24.5 Å². The van der Waals surface area contributed by atoms with E-state index in [0.29, 0.717) is 17.1 Å². The van der Waals surface area contributed by atoms with Crippen molar-refractivity contribution in [3.05, 3.63) is 46.5 Å². The highest BCUT2D eigenvalue weighted by Gasteiger charge is 2.22. The molecule has 0 unspecified atom stereocenters. The molecule has 1 aromatic carbocycles. The van der Waals surface area contributed by atoms with E-state index < -0.39 is 17.5 Å². The summed E-state index contributed by atoms with van der Waals surface area (Å²) in [5, 5.41) is 8.07. The fourth-order valence-electron chi connectivity index (χ4n) is 2.36. The molecule has 2 heterocycles. The zero-order chi connectivity index (χ0) is 18.0. The van der Waals surface area contributed by atoms with Gasteiger partial charge in [0.15, 0.2) is 5.13 Å². The summed E-state index contributed by atoms with van der Waals surface area (Å²) in [5.41, 5.74) is 0.738. The monoisotopic (exact) mass is 364 g/mol. The number of halogens is 2. The van der Waals surface area contributed by atoms with Gasteiger partial charge in [-0.2, -0.15) is 5.10 Å². The number of carbonyl (C=O) groups is 2. The van der Waals surface area contributed by atoms with Crippen LogP contribution in [-0.2, 0) is 16.0 Å². The van der Waals surface area contributed by atoms with E-state index in [9.17, 15) is 18.4 Å². The number of hydrogen-bond acceptors (Lipinski definition) is 5. The van der Waals surface area contributed by atoms with Crippen LogP contribution in [0.25, 0.3) is 0 Å². The molecule has 1 aromatic heterocycles. The van der Waals surface area contributed by atoms with Crippen LogP contribution in [0, 0.1) is 11.6 Å². The number of amides is 2. The van der Waals surface area contributed by atoms with Crippen LogP contribution in [0.4, 0.5) is 13.9 Å².